The van der Waals surface area contributed by atoms with Crippen LogP contribution in [0.2, 0.25) is 0 Å². The first-order valence-corrected chi connectivity index (χ1v) is 4.69. The van der Waals surface area contributed by atoms with Crippen molar-refractivity contribution in [3.8, 4) is 11.8 Å². The van der Waals surface area contributed by atoms with Gasteiger partial charge in [0.25, 0.3) is 0 Å². The van der Waals surface area contributed by atoms with E-state index < -0.39 is 0 Å². The van der Waals surface area contributed by atoms with Crippen LogP contribution >= 0.6 is 12.6 Å². The summed E-state index contributed by atoms with van der Waals surface area (Å²) < 4.78 is 0. The number of anilines is 1. The average molecular weight is 192 g/mol. The van der Waals surface area contributed by atoms with Crippen molar-refractivity contribution in [3.05, 3.63) is 23.5 Å². The Hall–Kier alpha value is -1.14. The molecule has 1 aromatic heterocycles. The predicted octanol–water partition coefficient (Wildman–Crippen LogP) is 1.64. The van der Waals surface area contributed by atoms with Crippen LogP contribution < -0.4 is 5.73 Å². The molecule has 0 fully saturated rings. The fourth-order valence-corrected chi connectivity index (χ4v) is 1.04. The summed E-state index contributed by atoms with van der Waals surface area (Å²) in [4.78, 5) is 4.13. The molecule has 0 unspecified atom stereocenters. The SMILES string of the molecule is Cc1cc(N)cnc1C#CCCS. The Kier molecular flexibility index (Phi) is 3.66. The van der Waals surface area contributed by atoms with Gasteiger partial charge >= 0.3 is 0 Å². The van der Waals surface area contributed by atoms with Crippen molar-refractivity contribution in [1.82, 2.24) is 4.98 Å². The second-order valence-electron chi connectivity index (χ2n) is 2.71. The number of thiol groups is 1. The van der Waals surface area contributed by atoms with E-state index in [1.54, 1.807) is 6.20 Å². The van der Waals surface area contributed by atoms with Crippen LogP contribution in [0.4, 0.5) is 5.69 Å². The molecule has 0 atom stereocenters. The summed E-state index contributed by atoms with van der Waals surface area (Å²) in [6, 6.07) is 1.87. The van der Waals surface area contributed by atoms with Crippen molar-refractivity contribution >= 4 is 18.3 Å². The van der Waals surface area contributed by atoms with Gasteiger partial charge in [0.05, 0.1) is 11.9 Å². The molecule has 3 heteroatoms. The molecule has 0 radical (unpaired) electrons. The molecule has 0 saturated carbocycles. The Morgan fingerprint density at radius 2 is 2.38 bits per heavy atom. The van der Waals surface area contributed by atoms with Crippen LogP contribution in [-0.4, -0.2) is 10.7 Å². The third-order valence-electron chi connectivity index (χ3n) is 1.54. The molecule has 13 heavy (non-hydrogen) atoms. The Morgan fingerprint density at radius 1 is 1.62 bits per heavy atom. The molecule has 0 amide bonds. The summed E-state index contributed by atoms with van der Waals surface area (Å²) in [5.74, 6) is 6.74. The van der Waals surface area contributed by atoms with Gasteiger partial charge in [0.15, 0.2) is 0 Å². The van der Waals surface area contributed by atoms with E-state index in [9.17, 15) is 0 Å². The van der Waals surface area contributed by atoms with Crippen molar-refractivity contribution < 1.29 is 0 Å². The summed E-state index contributed by atoms with van der Waals surface area (Å²) in [6.45, 7) is 1.95. The normalized spacial score (nSPS) is 9.08. The highest BCUT2D eigenvalue weighted by atomic mass is 32.1. The van der Waals surface area contributed by atoms with Gasteiger partial charge in [-0.1, -0.05) is 5.92 Å². The van der Waals surface area contributed by atoms with E-state index in [-0.39, 0.29) is 0 Å². The van der Waals surface area contributed by atoms with E-state index in [0.29, 0.717) is 5.69 Å². The lowest BCUT2D eigenvalue weighted by Crippen LogP contribution is -1.92. The minimum atomic E-state index is 0.678. The zero-order chi connectivity index (χ0) is 9.68. The molecule has 2 nitrogen and oxygen atoms in total. The fraction of sp³-hybridized carbons (Fsp3) is 0.300. The minimum absolute atomic E-state index is 0.678. The van der Waals surface area contributed by atoms with Gasteiger partial charge in [0.1, 0.15) is 5.69 Å². The van der Waals surface area contributed by atoms with Gasteiger partial charge < -0.3 is 5.73 Å². The Bertz CT molecular complexity index is 350. The van der Waals surface area contributed by atoms with E-state index >= 15 is 0 Å². The maximum atomic E-state index is 5.56. The molecule has 1 rings (SSSR count). The maximum Gasteiger partial charge on any atom is 0.116 e. The summed E-state index contributed by atoms with van der Waals surface area (Å²) in [5, 5.41) is 0. The third kappa shape index (κ3) is 3.00. The van der Waals surface area contributed by atoms with E-state index in [1.807, 2.05) is 13.0 Å². The first kappa shape index (κ1) is 9.94. The van der Waals surface area contributed by atoms with Crippen LogP contribution in [0.5, 0.6) is 0 Å². The second-order valence-corrected chi connectivity index (χ2v) is 3.16. The summed E-state index contributed by atoms with van der Waals surface area (Å²) in [5.41, 5.74) is 8.06. The molecule has 0 spiro atoms. The summed E-state index contributed by atoms with van der Waals surface area (Å²) in [7, 11) is 0. The zero-order valence-corrected chi connectivity index (χ0v) is 8.44. The molecule has 0 aromatic carbocycles. The lowest BCUT2D eigenvalue weighted by atomic mass is 10.2. The largest absolute Gasteiger partial charge is 0.397 e. The topological polar surface area (TPSA) is 38.9 Å². The molecule has 2 N–H and O–H groups in total. The second kappa shape index (κ2) is 4.78. The monoisotopic (exact) mass is 192 g/mol. The van der Waals surface area contributed by atoms with E-state index in [4.69, 9.17) is 5.73 Å². The lowest BCUT2D eigenvalue weighted by molar-refractivity contribution is 1.22. The molecule has 1 heterocycles. The number of pyridine rings is 1. The number of rotatable bonds is 1. The van der Waals surface area contributed by atoms with Crippen molar-refractivity contribution in [2.24, 2.45) is 0 Å². The van der Waals surface area contributed by atoms with Crippen LogP contribution in [0.25, 0.3) is 0 Å². The Balaban J connectivity index is 2.85. The quantitative estimate of drug-likeness (QED) is 0.524. The van der Waals surface area contributed by atoms with Gasteiger partial charge in [-0.2, -0.15) is 12.6 Å². The number of aryl methyl sites for hydroxylation is 1. The average Bonchev–Trinajstić information content (AvgIpc) is 2.09. The Labute approximate surface area is 84.0 Å². The fourth-order valence-electron chi connectivity index (χ4n) is 0.930. The molecular weight excluding hydrogens is 180 g/mol. The molecule has 0 saturated heterocycles. The number of aromatic nitrogens is 1. The van der Waals surface area contributed by atoms with E-state index in [1.165, 1.54) is 0 Å². The maximum absolute atomic E-state index is 5.56. The number of hydrogen-bond donors (Lipinski definition) is 2. The van der Waals surface area contributed by atoms with Crippen LogP contribution in [0, 0.1) is 18.8 Å². The van der Waals surface area contributed by atoms with Gasteiger partial charge in [-0.25, -0.2) is 4.98 Å². The van der Waals surface area contributed by atoms with Crippen LogP contribution in [0.15, 0.2) is 12.3 Å². The molecule has 0 bridgehead atoms. The highest BCUT2D eigenvalue weighted by Crippen LogP contribution is 2.07. The van der Waals surface area contributed by atoms with Gasteiger partial charge in [-0.05, 0) is 24.5 Å². The summed E-state index contributed by atoms with van der Waals surface area (Å²) in [6.07, 6.45) is 2.41. The smallest absolute Gasteiger partial charge is 0.116 e. The van der Waals surface area contributed by atoms with Gasteiger partial charge in [-0.15, -0.1) is 0 Å². The first-order chi connectivity index (χ1) is 6.24. The number of hydrogen-bond acceptors (Lipinski definition) is 3. The first-order valence-electron chi connectivity index (χ1n) is 4.06. The van der Waals surface area contributed by atoms with E-state index in [0.717, 1.165) is 23.4 Å². The van der Waals surface area contributed by atoms with Crippen molar-refractivity contribution in [2.45, 2.75) is 13.3 Å². The molecule has 68 valence electrons. The predicted molar refractivity (Wildman–Crippen MR) is 58.7 cm³/mol. The van der Waals surface area contributed by atoms with Gasteiger partial charge in [0.2, 0.25) is 0 Å². The Morgan fingerprint density at radius 3 is 3.00 bits per heavy atom. The standard InChI is InChI=1S/C10H12N2S/c1-8-6-9(11)7-12-10(8)4-2-3-5-13/h6-7,13H,3,5,11H2,1H3. The third-order valence-corrected chi connectivity index (χ3v) is 1.77. The molecule has 1 aromatic rings. The van der Waals surface area contributed by atoms with Gasteiger partial charge in [0, 0.05) is 12.2 Å². The highest BCUT2D eigenvalue weighted by Gasteiger charge is 1.95. The number of nitrogens with two attached hydrogens (primary N) is 1. The van der Waals surface area contributed by atoms with Crippen molar-refractivity contribution in [2.75, 3.05) is 11.5 Å². The molecule has 0 aliphatic carbocycles. The van der Waals surface area contributed by atoms with E-state index in [2.05, 4.69) is 29.5 Å². The van der Waals surface area contributed by atoms with Crippen molar-refractivity contribution in [1.29, 1.82) is 0 Å². The number of nitrogens with zero attached hydrogens (tertiary/aromatic N) is 1. The highest BCUT2D eigenvalue weighted by molar-refractivity contribution is 7.80. The lowest BCUT2D eigenvalue weighted by Gasteiger charge is -1.97. The minimum Gasteiger partial charge on any atom is -0.397 e. The molecule has 0 aliphatic heterocycles. The van der Waals surface area contributed by atoms with Crippen LogP contribution in [0.3, 0.4) is 0 Å². The van der Waals surface area contributed by atoms with Crippen LogP contribution in [-0.2, 0) is 0 Å². The van der Waals surface area contributed by atoms with Gasteiger partial charge in [-0.3, -0.25) is 0 Å². The number of nitrogen functional groups attached to an aromatic ring is 1. The van der Waals surface area contributed by atoms with Crippen molar-refractivity contribution in [3.63, 3.8) is 0 Å². The summed E-state index contributed by atoms with van der Waals surface area (Å²) >= 11 is 4.07. The van der Waals surface area contributed by atoms with Crippen LogP contribution in [0.1, 0.15) is 17.7 Å². The zero-order valence-electron chi connectivity index (χ0n) is 7.54. The molecular formula is C10H12N2S. The molecule has 0 aliphatic rings.